The molecule has 150 valence electrons. The van der Waals surface area contributed by atoms with Crippen LogP contribution in [0.15, 0.2) is 0 Å². The maximum absolute atomic E-state index is 13.2. The van der Waals surface area contributed by atoms with Gasteiger partial charge in [0.15, 0.2) is 6.61 Å². The number of rotatable bonds is 6. The number of hydrogen-bond acceptors (Lipinski definition) is 7. The van der Waals surface area contributed by atoms with E-state index in [0.717, 1.165) is 6.42 Å². The van der Waals surface area contributed by atoms with Crippen molar-refractivity contribution in [3.05, 3.63) is 0 Å². The lowest BCUT2D eigenvalue weighted by molar-refractivity contribution is -0.260. The molecule has 0 aliphatic carbocycles. The van der Waals surface area contributed by atoms with E-state index in [2.05, 4.69) is 9.47 Å². The van der Waals surface area contributed by atoms with Crippen LogP contribution in [0.3, 0.4) is 0 Å². The van der Waals surface area contributed by atoms with Crippen LogP contribution in [-0.2, 0) is 33.9 Å². The van der Waals surface area contributed by atoms with Gasteiger partial charge in [-0.15, -0.1) is 0 Å². The lowest BCUT2D eigenvalue weighted by atomic mass is 9.89. The third kappa shape index (κ3) is 4.23. The molecule has 4 unspecified atom stereocenters. The number of fused-ring (bicyclic) bond motifs is 2. The Morgan fingerprint density at radius 2 is 1.81 bits per heavy atom. The molecule has 1 N–H and O–H groups in total. The third-order valence-electron chi connectivity index (χ3n) is 3.94. The molecular weight excluding hydrogens is 399 g/mol. The van der Waals surface area contributed by atoms with E-state index in [1.165, 1.54) is 0 Å². The second kappa shape index (κ2) is 6.88. The molecule has 0 radical (unpaired) electrons. The maximum Gasteiger partial charge on any atom is 0.432 e. The summed E-state index contributed by atoms with van der Waals surface area (Å²) in [6.07, 6.45) is -9.51. The number of halogens is 5. The Morgan fingerprint density at radius 3 is 2.23 bits per heavy atom. The van der Waals surface area contributed by atoms with Gasteiger partial charge in [-0.05, 0) is 19.3 Å². The second-order valence-corrected chi connectivity index (χ2v) is 7.27. The summed E-state index contributed by atoms with van der Waals surface area (Å²) < 4.78 is 107. The zero-order valence-electron chi connectivity index (χ0n) is 12.7. The zero-order chi connectivity index (χ0) is 19.9. The van der Waals surface area contributed by atoms with Gasteiger partial charge in [0.2, 0.25) is 0 Å². The van der Waals surface area contributed by atoms with Gasteiger partial charge in [-0.2, -0.15) is 30.4 Å². The van der Waals surface area contributed by atoms with E-state index in [0.29, 0.717) is 12.8 Å². The molecule has 26 heavy (non-hydrogen) atoms. The summed E-state index contributed by atoms with van der Waals surface area (Å²) >= 11 is 0. The topological polar surface area (TPSA) is 116 Å². The van der Waals surface area contributed by atoms with Crippen molar-refractivity contribution in [2.45, 2.75) is 49.0 Å². The Kier molecular flexibility index (Phi) is 5.50. The van der Waals surface area contributed by atoms with Crippen LogP contribution in [0.5, 0.6) is 0 Å². The van der Waals surface area contributed by atoms with Gasteiger partial charge < -0.3 is 14.2 Å². The smallest absolute Gasteiger partial charge is 0.432 e. The minimum atomic E-state index is -6.54. The summed E-state index contributed by atoms with van der Waals surface area (Å²) in [7, 11) is -6.54. The zero-order valence-corrected chi connectivity index (χ0v) is 13.6. The average molecular weight is 412 g/mol. The van der Waals surface area contributed by atoms with Crippen LogP contribution in [0.4, 0.5) is 22.0 Å². The molecule has 8 nitrogen and oxygen atoms in total. The molecule has 0 saturated carbocycles. The van der Waals surface area contributed by atoms with Crippen molar-refractivity contribution in [2.24, 2.45) is 5.92 Å². The fourth-order valence-corrected chi connectivity index (χ4v) is 3.20. The number of carbonyl (C=O) groups is 2. The molecule has 0 amide bonds. The Balaban J connectivity index is 1.96. The first-order chi connectivity index (χ1) is 11.7. The van der Waals surface area contributed by atoms with Gasteiger partial charge in [0, 0.05) is 0 Å². The van der Waals surface area contributed by atoms with Crippen molar-refractivity contribution >= 4 is 22.1 Å². The molecule has 2 aliphatic rings. The summed E-state index contributed by atoms with van der Waals surface area (Å²) in [5, 5.41) is -5.84. The fourth-order valence-electron chi connectivity index (χ4n) is 2.75. The highest BCUT2D eigenvalue weighted by molar-refractivity contribution is 7.86. The Morgan fingerprint density at radius 1 is 1.19 bits per heavy atom. The monoisotopic (exact) mass is 412 g/mol. The summed E-state index contributed by atoms with van der Waals surface area (Å²) in [6.45, 7) is -1.44. The minimum Gasteiger partial charge on any atom is -0.453 e. The first-order valence-corrected chi connectivity index (χ1v) is 8.60. The van der Waals surface area contributed by atoms with Crippen LogP contribution in [-0.4, -0.2) is 61.3 Å². The van der Waals surface area contributed by atoms with Crippen LogP contribution in [0.25, 0.3) is 0 Å². The van der Waals surface area contributed by atoms with Crippen LogP contribution >= 0.6 is 0 Å². The average Bonchev–Trinajstić information content (AvgIpc) is 3.10. The van der Waals surface area contributed by atoms with Gasteiger partial charge in [0.05, 0.1) is 18.1 Å². The molecule has 2 aliphatic heterocycles. The summed E-state index contributed by atoms with van der Waals surface area (Å²) in [5.74, 6) is -3.77. The lowest BCUT2D eigenvalue weighted by Gasteiger charge is -2.26. The molecule has 0 aromatic carbocycles. The van der Waals surface area contributed by atoms with E-state index in [-0.39, 0.29) is 6.10 Å². The first kappa shape index (κ1) is 20.8. The molecule has 0 spiro atoms. The van der Waals surface area contributed by atoms with Gasteiger partial charge in [-0.1, -0.05) is 0 Å². The molecule has 2 fully saturated rings. The number of ether oxygens (including phenoxy) is 3. The Bertz CT molecular complexity index is 676. The highest BCUT2D eigenvalue weighted by Crippen LogP contribution is 2.40. The van der Waals surface area contributed by atoms with Gasteiger partial charge in [-0.3, -0.25) is 9.35 Å². The minimum absolute atomic E-state index is 0.160. The second-order valence-electron chi connectivity index (χ2n) is 5.77. The first-order valence-electron chi connectivity index (χ1n) is 7.16. The van der Waals surface area contributed by atoms with Crippen molar-refractivity contribution in [3.8, 4) is 0 Å². The van der Waals surface area contributed by atoms with E-state index < -0.39 is 58.2 Å². The summed E-state index contributed by atoms with van der Waals surface area (Å²) in [6, 6.07) is 0. The fraction of sp³-hybridized carbons (Fsp3) is 0.833. The quantitative estimate of drug-likeness (QED) is 0.391. The van der Waals surface area contributed by atoms with Crippen molar-refractivity contribution < 1.29 is 58.7 Å². The molecule has 0 aromatic heterocycles. The molecule has 2 rings (SSSR count). The van der Waals surface area contributed by atoms with E-state index >= 15 is 0 Å². The molecule has 14 heteroatoms. The van der Waals surface area contributed by atoms with Crippen LogP contribution < -0.4 is 0 Å². The third-order valence-corrected chi connectivity index (χ3v) is 4.84. The molecular formula is C12H13F5O8S. The number of esters is 2. The molecule has 2 heterocycles. The molecule has 2 saturated heterocycles. The summed E-state index contributed by atoms with van der Waals surface area (Å²) in [4.78, 5) is 23.1. The van der Waals surface area contributed by atoms with E-state index in [1.54, 1.807) is 0 Å². The predicted molar refractivity (Wildman–Crippen MR) is 69.4 cm³/mol. The Labute approximate surface area is 143 Å². The normalized spacial score (nSPS) is 27.2. The van der Waals surface area contributed by atoms with Gasteiger partial charge in [0.1, 0.15) is 0 Å². The highest BCUT2D eigenvalue weighted by Gasteiger charge is 2.66. The van der Waals surface area contributed by atoms with Gasteiger partial charge in [-0.25, -0.2) is 4.79 Å². The molecule has 0 aromatic rings. The highest BCUT2D eigenvalue weighted by atomic mass is 32.2. The van der Waals surface area contributed by atoms with E-state index in [4.69, 9.17) is 9.29 Å². The predicted octanol–water partition coefficient (Wildman–Crippen LogP) is 1.05. The summed E-state index contributed by atoms with van der Waals surface area (Å²) in [5.41, 5.74) is 0. The number of alkyl halides is 5. The van der Waals surface area contributed by atoms with Crippen LogP contribution in [0.1, 0.15) is 19.3 Å². The van der Waals surface area contributed by atoms with Crippen molar-refractivity contribution in [1.29, 1.82) is 0 Å². The molecule has 4 atom stereocenters. The van der Waals surface area contributed by atoms with Crippen LogP contribution in [0, 0.1) is 5.92 Å². The van der Waals surface area contributed by atoms with E-state index in [1.807, 2.05) is 0 Å². The number of carbonyl (C=O) groups excluding carboxylic acids is 2. The van der Waals surface area contributed by atoms with Crippen LogP contribution in [0.2, 0.25) is 0 Å². The van der Waals surface area contributed by atoms with Crippen molar-refractivity contribution in [2.75, 3.05) is 6.61 Å². The number of hydrogen-bond donors (Lipinski definition) is 1. The van der Waals surface area contributed by atoms with Crippen molar-refractivity contribution in [3.63, 3.8) is 0 Å². The largest absolute Gasteiger partial charge is 0.453 e. The standard InChI is InChI=1S/C12H13F5O8S/c13-11(14,15)10(12(16,17)26(20,21)22)25-8(18)4-23-9(19)6-3-5-1-2-7(6)24-5/h5-7,10H,1-4H2,(H,20,21,22). The van der Waals surface area contributed by atoms with Gasteiger partial charge >= 0.3 is 33.5 Å². The van der Waals surface area contributed by atoms with E-state index in [9.17, 15) is 40.0 Å². The Hall–Kier alpha value is -1.54. The van der Waals surface area contributed by atoms with Crippen molar-refractivity contribution in [1.82, 2.24) is 0 Å². The maximum atomic E-state index is 13.2. The molecule has 2 bridgehead atoms. The lowest BCUT2D eigenvalue weighted by Crippen LogP contribution is -2.52. The SMILES string of the molecule is O=C(COC(=O)C1CC2CCC1O2)OC(C(F)(F)F)C(F)(F)S(=O)(=O)O. The van der Waals surface area contributed by atoms with Gasteiger partial charge in [0.25, 0.3) is 6.10 Å².